The number of fused-ring (bicyclic) bond motifs is 3. The molecule has 2 aliphatic rings. The molecule has 1 aliphatic carbocycles. The van der Waals surface area contributed by atoms with Crippen molar-refractivity contribution in [2.45, 2.75) is 31.3 Å². The lowest BCUT2D eigenvalue weighted by Gasteiger charge is -2.29. The molecule has 0 saturated carbocycles. The third kappa shape index (κ3) is 3.96. The normalized spacial score (nSPS) is 18.0. The van der Waals surface area contributed by atoms with E-state index in [9.17, 15) is 4.79 Å². The summed E-state index contributed by atoms with van der Waals surface area (Å²) in [6.45, 7) is 7.01. The zero-order valence-electron chi connectivity index (χ0n) is 17.3. The molecule has 158 valence electrons. The number of ether oxygens (including phenoxy) is 1. The van der Waals surface area contributed by atoms with E-state index in [1.54, 1.807) is 23.1 Å². The molecule has 1 saturated heterocycles. The van der Waals surface area contributed by atoms with Gasteiger partial charge in [-0.2, -0.15) is 0 Å². The van der Waals surface area contributed by atoms with E-state index in [4.69, 9.17) is 9.72 Å². The van der Waals surface area contributed by atoms with E-state index in [1.807, 2.05) is 34.9 Å². The van der Waals surface area contributed by atoms with Crippen LogP contribution in [0, 0.1) is 5.92 Å². The van der Waals surface area contributed by atoms with E-state index in [1.165, 1.54) is 10.4 Å². The van der Waals surface area contributed by atoms with Crippen molar-refractivity contribution in [1.29, 1.82) is 0 Å². The van der Waals surface area contributed by atoms with Gasteiger partial charge < -0.3 is 4.74 Å². The molecule has 0 radical (unpaired) electrons. The van der Waals surface area contributed by atoms with Gasteiger partial charge in [-0.05, 0) is 42.9 Å². The summed E-state index contributed by atoms with van der Waals surface area (Å²) in [5.74, 6) is 1.45. The molecular formula is C23H27N3O2S2. The van der Waals surface area contributed by atoms with Gasteiger partial charge in [0.2, 0.25) is 0 Å². The second-order valence-electron chi connectivity index (χ2n) is 8.24. The molecule has 7 heteroatoms. The fraction of sp³-hybridized carbons (Fsp3) is 0.478. The minimum Gasteiger partial charge on any atom is -0.379 e. The van der Waals surface area contributed by atoms with Crippen LogP contribution >= 0.6 is 23.1 Å². The number of hydrogen-bond donors (Lipinski definition) is 0. The fourth-order valence-corrected chi connectivity index (χ4v) is 6.74. The van der Waals surface area contributed by atoms with Gasteiger partial charge in [0.1, 0.15) is 4.83 Å². The lowest BCUT2D eigenvalue weighted by atomic mass is 10.2. The van der Waals surface area contributed by atoms with E-state index < -0.39 is 0 Å². The number of thiophene rings is 1. The summed E-state index contributed by atoms with van der Waals surface area (Å²) in [6.07, 6.45) is 3.24. The zero-order chi connectivity index (χ0) is 20.5. The predicted octanol–water partition coefficient (Wildman–Crippen LogP) is 4.00. The van der Waals surface area contributed by atoms with Gasteiger partial charge in [0.05, 0.1) is 24.3 Å². The first kappa shape index (κ1) is 20.2. The Morgan fingerprint density at radius 2 is 2.00 bits per heavy atom. The number of aromatic nitrogens is 2. The predicted molar refractivity (Wildman–Crippen MR) is 124 cm³/mol. The molecule has 3 heterocycles. The van der Waals surface area contributed by atoms with Crippen LogP contribution in [0.4, 0.5) is 0 Å². The molecule has 5 nitrogen and oxygen atoms in total. The molecule has 30 heavy (non-hydrogen) atoms. The van der Waals surface area contributed by atoms with Crippen LogP contribution in [0.15, 0.2) is 40.3 Å². The van der Waals surface area contributed by atoms with Gasteiger partial charge in [-0.15, -0.1) is 11.3 Å². The molecule has 1 unspecified atom stereocenters. The first-order valence-corrected chi connectivity index (χ1v) is 12.6. The van der Waals surface area contributed by atoms with Gasteiger partial charge in [0.15, 0.2) is 5.16 Å². The minimum absolute atomic E-state index is 0.0916. The van der Waals surface area contributed by atoms with E-state index in [-0.39, 0.29) is 5.56 Å². The van der Waals surface area contributed by atoms with Gasteiger partial charge in [0, 0.05) is 30.3 Å². The maximum Gasteiger partial charge on any atom is 0.267 e. The van der Waals surface area contributed by atoms with Crippen molar-refractivity contribution < 1.29 is 4.74 Å². The number of thioether (sulfide) groups is 1. The van der Waals surface area contributed by atoms with Crippen molar-refractivity contribution >= 4 is 33.3 Å². The Morgan fingerprint density at radius 3 is 2.80 bits per heavy atom. The molecule has 1 fully saturated rings. The Labute approximate surface area is 185 Å². The SMILES string of the molecule is CC(CSc1nc2sc3c(c2c(=O)n1-c1ccccc1)CCC3)CN1CCOCC1. The van der Waals surface area contributed by atoms with Gasteiger partial charge in [-0.3, -0.25) is 14.3 Å². The van der Waals surface area contributed by atoms with Crippen LogP contribution in [-0.2, 0) is 17.6 Å². The summed E-state index contributed by atoms with van der Waals surface area (Å²) in [6, 6.07) is 9.96. The van der Waals surface area contributed by atoms with Crippen molar-refractivity contribution in [2.24, 2.45) is 5.92 Å². The number of morpholine rings is 1. The molecule has 1 atom stereocenters. The van der Waals surface area contributed by atoms with Crippen LogP contribution in [-0.4, -0.2) is 53.1 Å². The number of nitrogens with zero attached hydrogens (tertiary/aromatic N) is 3. The summed E-state index contributed by atoms with van der Waals surface area (Å²) in [5.41, 5.74) is 2.24. The molecule has 0 spiro atoms. The van der Waals surface area contributed by atoms with E-state index in [0.29, 0.717) is 5.92 Å². The molecule has 0 amide bonds. The van der Waals surface area contributed by atoms with Crippen LogP contribution in [0.2, 0.25) is 0 Å². The highest BCUT2D eigenvalue weighted by atomic mass is 32.2. The lowest BCUT2D eigenvalue weighted by Crippen LogP contribution is -2.39. The maximum absolute atomic E-state index is 13.6. The molecule has 0 bridgehead atoms. The highest BCUT2D eigenvalue weighted by Crippen LogP contribution is 2.36. The Morgan fingerprint density at radius 1 is 1.20 bits per heavy atom. The molecule has 5 rings (SSSR count). The highest BCUT2D eigenvalue weighted by Gasteiger charge is 2.24. The largest absolute Gasteiger partial charge is 0.379 e. The number of benzene rings is 1. The van der Waals surface area contributed by atoms with Crippen LogP contribution in [0.5, 0.6) is 0 Å². The monoisotopic (exact) mass is 441 g/mol. The third-order valence-corrected chi connectivity index (χ3v) is 8.35. The van der Waals surface area contributed by atoms with Crippen molar-refractivity contribution in [3.05, 3.63) is 51.1 Å². The second-order valence-corrected chi connectivity index (χ2v) is 10.3. The van der Waals surface area contributed by atoms with Gasteiger partial charge >= 0.3 is 0 Å². The second kappa shape index (κ2) is 8.83. The van der Waals surface area contributed by atoms with Crippen molar-refractivity contribution in [1.82, 2.24) is 14.5 Å². The lowest BCUT2D eigenvalue weighted by molar-refractivity contribution is 0.0331. The Balaban J connectivity index is 1.47. The molecular weight excluding hydrogens is 414 g/mol. The molecule has 0 N–H and O–H groups in total. The quantitative estimate of drug-likeness (QED) is 0.428. The summed E-state index contributed by atoms with van der Waals surface area (Å²) >= 11 is 3.43. The van der Waals surface area contributed by atoms with Gasteiger partial charge in [-0.25, -0.2) is 4.98 Å². The van der Waals surface area contributed by atoms with Crippen LogP contribution in [0.25, 0.3) is 15.9 Å². The number of rotatable bonds is 6. The fourth-order valence-electron chi connectivity index (χ4n) is 4.42. The van der Waals surface area contributed by atoms with Gasteiger partial charge in [-0.1, -0.05) is 36.9 Å². The van der Waals surface area contributed by atoms with E-state index in [0.717, 1.165) is 78.9 Å². The van der Waals surface area contributed by atoms with Gasteiger partial charge in [0.25, 0.3) is 5.56 Å². The average Bonchev–Trinajstić information content (AvgIpc) is 3.34. The standard InChI is InChI=1S/C23H27N3O2S2/c1-16(14-25-10-12-28-13-11-25)15-29-23-24-21-20(18-8-5-9-19(18)30-21)22(27)26(23)17-6-3-2-4-7-17/h2-4,6-7,16H,5,8-15H2,1H3. The maximum atomic E-state index is 13.6. The summed E-state index contributed by atoms with van der Waals surface area (Å²) in [7, 11) is 0. The highest BCUT2D eigenvalue weighted by molar-refractivity contribution is 7.99. The van der Waals surface area contributed by atoms with Crippen LogP contribution in [0.3, 0.4) is 0 Å². The zero-order valence-corrected chi connectivity index (χ0v) is 18.9. The van der Waals surface area contributed by atoms with E-state index >= 15 is 0 Å². The molecule has 1 aromatic carbocycles. The third-order valence-electron chi connectivity index (χ3n) is 5.89. The van der Waals surface area contributed by atoms with E-state index in [2.05, 4.69) is 11.8 Å². The van der Waals surface area contributed by atoms with Crippen molar-refractivity contribution in [3.8, 4) is 5.69 Å². The Kier molecular flexibility index (Phi) is 5.96. The molecule has 1 aliphatic heterocycles. The average molecular weight is 442 g/mol. The smallest absolute Gasteiger partial charge is 0.267 e. The number of para-hydroxylation sites is 1. The minimum atomic E-state index is 0.0916. The Bertz CT molecular complexity index is 1090. The van der Waals surface area contributed by atoms with Crippen molar-refractivity contribution in [2.75, 3.05) is 38.6 Å². The summed E-state index contributed by atoms with van der Waals surface area (Å²) in [5, 5.41) is 1.66. The van der Waals surface area contributed by atoms with Crippen LogP contribution in [0.1, 0.15) is 23.8 Å². The molecule has 3 aromatic rings. The Hall–Kier alpha value is -1.67. The van der Waals surface area contributed by atoms with Crippen LogP contribution < -0.4 is 5.56 Å². The first-order chi connectivity index (χ1) is 14.7. The van der Waals surface area contributed by atoms with Crippen molar-refractivity contribution in [3.63, 3.8) is 0 Å². The number of aryl methyl sites for hydroxylation is 2. The molecule has 2 aromatic heterocycles. The number of hydrogen-bond acceptors (Lipinski definition) is 6. The summed E-state index contributed by atoms with van der Waals surface area (Å²) < 4.78 is 7.29. The first-order valence-electron chi connectivity index (χ1n) is 10.8. The summed E-state index contributed by atoms with van der Waals surface area (Å²) in [4.78, 5) is 23.4. The topological polar surface area (TPSA) is 47.4 Å².